The van der Waals surface area contributed by atoms with Gasteiger partial charge in [0.1, 0.15) is 0 Å². The zero-order chi connectivity index (χ0) is 13.7. The number of nitrogens with one attached hydrogen (secondary N) is 1. The summed E-state index contributed by atoms with van der Waals surface area (Å²) in [5, 5.41) is 3.58. The maximum Gasteiger partial charge on any atom is 0.0222 e. The smallest absolute Gasteiger partial charge is 0.0222 e. The van der Waals surface area contributed by atoms with E-state index >= 15 is 0 Å². The zero-order valence-electron chi connectivity index (χ0n) is 11.5. The van der Waals surface area contributed by atoms with Crippen molar-refractivity contribution < 1.29 is 0 Å². The Bertz CT molecular complexity index is 522. The van der Waals surface area contributed by atoms with Gasteiger partial charge in [0.25, 0.3) is 0 Å². The second-order valence-electron chi connectivity index (χ2n) is 5.07. The van der Waals surface area contributed by atoms with E-state index in [1.165, 1.54) is 21.2 Å². The third-order valence-electron chi connectivity index (χ3n) is 3.23. The average Bonchev–Trinajstić information content (AvgIpc) is 2.39. The van der Waals surface area contributed by atoms with E-state index in [0.29, 0.717) is 6.04 Å². The van der Waals surface area contributed by atoms with Gasteiger partial charge in [-0.1, -0.05) is 58.4 Å². The van der Waals surface area contributed by atoms with Crippen LogP contribution < -0.4 is 5.32 Å². The Morgan fingerprint density at radius 3 is 2.53 bits per heavy atom. The van der Waals surface area contributed by atoms with Crippen LogP contribution >= 0.6 is 15.9 Å². The molecular formula is C17H20BrN. The Morgan fingerprint density at radius 2 is 1.84 bits per heavy atom. The first kappa shape index (κ1) is 14.3. The molecule has 0 aliphatic carbocycles. The van der Waals surface area contributed by atoms with Crippen LogP contribution in [0.4, 0.5) is 0 Å². The van der Waals surface area contributed by atoms with Crippen LogP contribution in [0.25, 0.3) is 0 Å². The Morgan fingerprint density at radius 1 is 1.11 bits per heavy atom. The highest BCUT2D eigenvalue weighted by atomic mass is 79.9. The van der Waals surface area contributed by atoms with Crippen LogP contribution in [0, 0.1) is 6.92 Å². The first-order chi connectivity index (χ1) is 9.15. The van der Waals surface area contributed by atoms with E-state index in [0.717, 1.165) is 13.0 Å². The summed E-state index contributed by atoms with van der Waals surface area (Å²) in [6, 6.07) is 17.6. The molecule has 1 unspecified atom stereocenters. The van der Waals surface area contributed by atoms with Crippen molar-refractivity contribution in [2.75, 3.05) is 0 Å². The number of benzene rings is 2. The molecule has 19 heavy (non-hydrogen) atoms. The molecule has 1 nitrogen and oxygen atoms in total. The Kier molecular flexibility index (Phi) is 5.17. The molecule has 2 heteroatoms. The molecule has 100 valence electrons. The minimum absolute atomic E-state index is 0.468. The molecule has 1 N–H and O–H groups in total. The normalized spacial score (nSPS) is 12.4. The molecule has 2 aromatic carbocycles. The molecule has 0 aromatic heterocycles. The molecule has 0 bridgehead atoms. The van der Waals surface area contributed by atoms with Gasteiger partial charge < -0.3 is 5.32 Å². The van der Waals surface area contributed by atoms with Crippen LogP contribution in [0.15, 0.2) is 53.0 Å². The molecule has 2 rings (SSSR count). The van der Waals surface area contributed by atoms with Gasteiger partial charge in [0, 0.05) is 17.1 Å². The summed E-state index contributed by atoms with van der Waals surface area (Å²) in [6.45, 7) is 5.24. The van der Waals surface area contributed by atoms with Gasteiger partial charge >= 0.3 is 0 Å². The van der Waals surface area contributed by atoms with E-state index in [9.17, 15) is 0 Å². The highest BCUT2D eigenvalue weighted by Gasteiger charge is 2.05. The lowest BCUT2D eigenvalue weighted by atomic mass is 10.1. The van der Waals surface area contributed by atoms with E-state index in [-0.39, 0.29) is 0 Å². The monoisotopic (exact) mass is 317 g/mol. The fourth-order valence-electron chi connectivity index (χ4n) is 2.12. The molecule has 0 saturated carbocycles. The zero-order valence-corrected chi connectivity index (χ0v) is 13.1. The maximum atomic E-state index is 3.62. The van der Waals surface area contributed by atoms with Crippen LogP contribution in [0.5, 0.6) is 0 Å². The summed E-state index contributed by atoms with van der Waals surface area (Å²) < 4.78 is 1.19. The van der Waals surface area contributed by atoms with Crippen LogP contribution in [-0.2, 0) is 13.0 Å². The van der Waals surface area contributed by atoms with Crippen molar-refractivity contribution in [1.82, 2.24) is 5.32 Å². The third kappa shape index (κ3) is 4.48. The molecule has 0 saturated heterocycles. The number of halogens is 1. The van der Waals surface area contributed by atoms with E-state index in [2.05, 4.69) is 83.6 Å². The van der Waals surface area contributed by atoms with Crippen molar-refractivity contribution in [2.24, 2.45) is 0 Å². The summed E-state index contributed by atoms with van der Waals surface area (Å²) in [6.07, 6.45) is 1.06. The van der Waals surface area contributed by atoms with Crippen LogP contribution in [0.3, 0.4) is 0 Å². The summed E-state index contributed by atoms with van der Waals surface area (Å²) in [5.41, 5.74) is 3.98. The van der Waals surface area contributed by atoms with Crippen molar-refractivity contribution in [2.45, 2.75) is 32.9 Å². The first-order valence-corrected chi connectivity index (χ1v) is 7.47. The van der Waals surface area contributed by atoms with Crippen molar-refractivity contribution >= 4 is 15.9 Å². The fourth-order valence-corrected chi connectivity index (χ4v) is 2.75. The molecule has 0 heterocycles. The van der Waals surface area contributed by atoms with Gasteiger partial charge in [0.05, 0.1) is 0 Å². The fraction of sp³-hybridized carbons (Fsp3) is 0.294. The molecule has 0 radical (unpaired) electrons. The van der Waals surface area contributed by atoms with Gasteiger partial charge in [-0.2, -0.15) is 0 Å². The van der Waals surface area contributed by atoms with Crippen LogP contribution in [-0.4, -0.2) is 6.04 Å². The molecule has 0 aliphatic heterocycles. The Hall–Kier alpha value is -1.12. The van der Waals surface area contributed by atoms with Gasteiger partial charge in [-0.15, -0.1) is 0 Å². The van der Waals surface area contributed by atoms with E-state index in [1.54, 1.807) is 0 Å². The average molecular weight is 318 g/mol. The number of hydrogen-bond donors (Lipinski definition) is 1. The van der Waals surface area contributed by atoms with Crippen LogP contribution in [0.1, 0.15) is 23.6 Å². The highest BCUT2D eigenvalue weighted by Crippen LogP contribution is 2.18. The lowest BCUT2D eigenvalue weighted by molar-refractivity contribution is 0.544. The highest BCUT2D eigenvalue weighted by molar-refractivity contribution is 9.10. The van der Waals surface area contributed by atoms with Gasteiger partial charge in [0.2, 0.25) is 0 Å². The summed E-state index contributed by atoms with van der Waals surface area (Å²) in [5.74, 6) is 0. The number of rotatable bonds is 5. The van der Waals surface area contributed by atoms with Crippen molar-refractivity contribution in [1.29, 1.82) is 0 Å². The largest absolute Gasteiger partial charge is 0.310 e. The summed E-state index contributed by atoms with van der Waals surface area (Å²) in [4.78, 5) is 0. The van der Waals surface area contributed by atoms with Crippen molar-refractivity contribution in [3.05, 3.63) is 69.7 Å². The second-order valence-corrected chi connectivity index (χ2v) is 5.92. The van der Waals surface area contributed by atoms with E-state index in [4.69, 9.17) is 0 Å². The quantitative estimate of drug-likeness (QED) is 0.857. The maximum absolute atomic E-state index is 3.62. The minimum atomic E-state index is 0.468. The Balaban J connectivity index is 1.88. The molecule has 0 spiro atoms. The van der Waals surface area contributed by atoms with E-state index in [1.807, 2.05) is 0 Å². The standard InChI is InChI=1S/C17H20BrN/c1-13-8-9-16(17(18)10-13)12-19-14(2)11-15-6-4-3-5-7-15/h3-10,14,19H,11-12H2,1-2H3. The predicted molar refractivity (Wildman–Crippen MR) is 85.3 cm³/mol. The molecular weight excluding hydrogens is 298 g/mol. The minimum Gasteiger partial charge on any atom is -0.310 e. The number of aryl methyl sites for hydroxylation is 1. The van der Waals surface area contributed by atoms with Gasteiger partial charge in [-0.05, 0) is 43.0 Å². The summed E-state index contributed by atoms with van der Waals surface area (Å²) >= 11 is 3.62. The molecule has 2 aromatic rings. The van der Waals surface area contributed by atoms with Gasteiger partial charge in [-0.3, -0.25) is 0 Å². The molecule has 0 amide bonds. The molecule has 0 aliphatic rings. The lowest BCUT2D eigenvalue weighted by Gasteiger charge is -2.15. The van der Waals surface area contributed by atoms with Crippen LogP contribution in [0.2, 0.25) is 0 Å². The topological polar surface area (TPSA) is 12.0 Å². The molecule has 1 atom stereocenters. The van der Waals surface area contributed by atoms with Crippen molar-refractivity contribution in [3.8, 4) is 0 Å². The SMILES string of the molecule is Cc1ccc(CNC(C)Cc2ccccc2)c(Br)c1. The Labute approximate surface area is 124 Å². The molecule has 0 fully saturated rings. The van der Waals surface area contributed by atoms with Gasteiger partial charge in [0.15, 0.2) is 0 Å². The van der Waals surface area contributed by atoms with Gasteiger partial charge in [-0.25, -0.2) is 0 Å². The third-order valence-corrected chi connectivity index (χ3v) is 3.97. The summed E-state index contributed by atoms with van der Waals surface area (Å²) in [7, 11) is 0. The second kappa shape index (κ2) is 6.88. The van der Waals surface area contributed by atoms with E-state index < -0.39 is 0 Å². The van der Waals surface area contributed by atoms with Crippen molar-refractivity contribution in [3.63, 3.8) is 0 Å². The number of hydrogen-bond acceptors (Lipinski definition) is 1. The first-order valence-electron chi connectivity index (χ1n) is 6.67. The predicted octanol–water partition coefficient (Wildman–Crippen LogP) is 4.48. The lowest BCUT2D eigenvalue weighted by Crippen LogP contribution is -2.27.